The molecule has 2 saturated heterocycles. The topological polar surface area (TPSA) is 53.5 Å². The van der Waals surface area contributed by atoms with Crippen molar-refractivity contribution in [3.05, 3.63) is 42.7 Å². The number of carbonyl (C=O) groups is 2. The zero-order chi connectivity index (χ0) is 14.8. The van der Waals surface area contributed by atoms with Crippen molar-refractivity contribution in [2.24, 2.45) is 5.92 Å². The number of aromatic nitrogens is 1. The van der Waals surface area contributed by atoms with Crippen LogP contribution < -0.4 is 0 Å². The molecular formula is C16H19N3O2. The zero-order valence-corrected chi connectivity index (χ0v) is 11.9. The summed E-state index contributed by atoms with van der Waals surface area (Å²) >= 11 is 0. The van der Waals surface area contributed by atoms with Gasteiger partial charge >= 0.3 is 0 Å². The third-order valence-electron chi connectivity index (χ3n) is 4.21. The molecule has 2 amide bonds. The summed E-state index contributed by atoms with van der Waals surface area (Å²) in [5.74, 6) is 0.288. The predicted octanol–water partition coefficient (Wildman–Crippen LogP) is 1.04. The van der Waals surface area contributed by atoms with Crippen molar-refractivity contribution in [1.29, 1.82) is 0 Å². The van der Waals surface area contributed by atoms with E-state index >= 15 is 0 Å². The van der Waals surface area contributed by atoms with Crippen molar-refractivity contribution in [2.75, 3.05) is 26.2 Å². The third-order valence-corrected chi connectivity index (χ3v) is 4.21. The SMILES string of the molecule is C=CCN1C[C@@H](C(=O)N2CC(c3ccccn3)C2)CC1=O. The largest absolute Gasteiger partial charge is 0.341 e. The molecule has 0 N–H and O–H groups in total. The van der Waals surface area contributed by atoms with Gasteiger partial charge in [-0.15, -0.1) is 6.58 Å². The van der Waals surface area contributed by atoms with E-state index in [0.717, 1.165) is 5.69 Å². The Morgan fingerprint density at radius 1 is 1.38 bits per heavy atom. The number of carbonyl (C=O) groups excluding carboxylic acids is 2. The number of nitrogens with zero attached hydrogens (tertiary/aromatic N) is 3. The Bertz CT molecular complexity index is 552. The highest BCUT2D eigenvalue weighted by Crippen LogP contribution is 2.29. The van der Waals surface area contributed by atoms with Crippen LogP contribution in [0.25, 0.3) is 0 Å². The maximum absolute atomic E-state index is 12.4. The molecule has 5 nitrogen and oxygen atoms in total. The minimum atomic E-state index is -0.192. The molecule has 0 radical (unpaired) electrons. The van der Waals surface area contributed by atoms with E-state index in [9.17, 15) is 9.59 Å². The lowest BCUT2D eigenvalue weighted by atomic mass is 9.93. The smallest absolute Gasteiger partial charge is 0.228 e. The first-order valence-electron chi connectivity index (χ1n) is 7.27. The first kappa shape index (κ1) is 13.8. The summed E-state index contributed by atoms with van der Waals surface area (Å²) in [6.45, 7) is 6.11. The summed E-state index contributed by atoms with van der Waals surface area (Å²) in [6, 6.07) is 5.86. The van der Waals surface area contributed by atoms with E-state index < -0.39 is 0 Å². The maximum Gasteiger partial charge on any atom is 0.228 e. The van der Waals surface area contributed by atoms with Crippen LogP contribution in [0.1, 0.15) is 18.0 Å². The lowest BCUT2D eigenvalue weighted by molar-refractivity contribution is -0.140. The molecule has 2 aliphatic rings. The summed E-state index contributed by atoms with van der Waals surface area (Å²) < 4.78 is 0. The lowest BCUT2D eigenvalue weighted by Gasteiger charge is -2.40. The molecule has 0 unspecified atom stereocenters. The average Bonchev–Trinajstić information content (AvgIpc) is 2.80. The first-order valence-corrected chi connectivity index (χ1v) is 7.27. The van der Waals surface area contributed by atoms with Gasteiger partial charge in [0.05, 0.1) is 5.92 Å². The van der Waals surface area contributed by atoms with Crippen LogP contribution in [0.15, 0.2) is 37.1 Å². The van der Waals surface area contributed by atoms with E-state index in [1.807, 2.05) is 23.1 Å². The van der Waals surface area contributed by atoms with E-state index in [1.54, 1.807) is 17.2 Å². The van der Waals surface area contributed by atoms with Crippen LogP contribution >= 0.6 is 0 Å². The highest BCUT2D eigenvalue weighted by Gasteiger charge is 2.40. The minimum absolute atomic E-state index is 0.0510. The van der Waals surface area contributed by atoms with Gasteiger partial charge in [0.15, 0.2) is 0 Å². The van der Waals surface area contributed by atoms with Crippen LogP contribution in [0.3, 0.4) is 0 Å². The Morgan fingerprint density at radius 3 is 2.86 bits per heavy atom. The molecule has 1 aromatic heterocycles. The summed E-state index contributed by atoms with van der Waals surface area (Å²) in [4.78, 5) is 32.1. The number of pyridine rings is 1. The molecule has 3 rings (SSSR count). The van der Waals surface area contributed by atoms with Crippen molar-refractivity contribution in [1.82, 2.24) is 14.8 Å². The summed E-state index contributed by atoms with van der Waals surface area (Å²) in [5.41, 5.74) is 1.04. The summed E-state index contributed by atoms with van der Waals surface area (Å²) in [5, 5.41) is 0. The van der Waals surface area contributed by atoms with Crippen LogP contribution in [0.4, 0.5) is 0 Å². The second-order valence-corrected chi connectivity index (χ2v) is 5.68. The molecule has 0 saturated carbocycles. The van der Waals surface area contributed by atoms with Crippen molar-refractivity contribution >= 4 is 11.8 Å². The van der Waals surface area contributed by atoms with Gasteiger partial charge in [-0.2, -0.15) is 0 Å². The second kappa shape index (κ2) is 5.68. The van der Waals surface area contributed by atoms with Crippen LogP contribution in [0, 0.1) is 5.92 Å². The minimum Gasteiger partial charge on any atom is -0.341 e. The quantitative estimate of drug-likeness (QED) is 0.777. The predicted molar refractivity (Wildman–Crippen MR) is 78.4 cm³/mol. The van der Waals surface area contributed by atoms with Crippen molar-refractivity contribution in [3.63, 3.8) is 0 Å². The second-order valence-electron chi connectivity index (χ2n) is 5.68. The highest BCUT2D eigenvalue weighted by atomic mass is 16.2. The maximum atomic E-state index is 12.4. The van der Waals surface area contributed by atoms with Crippen molar-refractivity contribution in [3.8, 4) is 0 Å². The van der Waals surface area contributed by atoms with Gasteiger partial charge in [-0.25, -0.2) is 0 Å². The van der Waals surface area contributed by atoms with E-state index in [2.05, 4.69) is 11.6 Å². The molecular weight excluding hydrogens is 266 g/mol. The number of amides is 2. The van der Waals surface area contributed by atoms with Gasteiger partial charge in [-0.05, 0) is 12.1 Å². The van der Waals surface area contributed by atoms with Gasteiger partial charge in [0.2, 0.25) is 11.8 Å². The number of hydrogen-bond donors (Lipinski definition) is 0. The molecule has 110 valence electrons. The van der Waals surface area contributed by atoms with Gasteiger partial charge in [0.25, 0.3) is 0 Å². The zero-order valence-electron chi connectivity index (χ0n) is 11.9. The Kier molecular flexibility index (Phi) is 3.73. The summed E-state index contributed by atoms with van der Waals surface area (Å²) in [6.07, 6.45) is 3.81. The first-order chi connectivity index (χ1) is 10.2. The number of rotatable bonds is 4. The Balaban J connectivity index is 1.54. The molecule has 2 fully saturated rings. The standard InChI is InChI=1S/C16H19N3O2/c1-2-7-18-9-12(8-15(18)20)16(21)19-10-13(11-19)14-5-3-4-6-17-14/h2-6,12-13H,1,7-11H2/t12-/m0/s1. The molecule has 3 heterocycles. The van der Waals surface area contributed by atoms with Gasteiger partial charge in [-0.1, -0.05) is 12.1 Å². The van der Waals surface area contributed by atoms with Gasteiger partial charge < -0.3 is 9.80 Å². The Morgan fingerprint density at radius 2 is 2.19 bits per heavy atom. The van der Waals surface area contributed by atoms with Crippen LogP contribution in [-0.4, -0.2) is 52.8 Å². The molecule has 0 aliphatic carbocycles. The molecule has 0 spiro atoms. The molecule has 2 aliphatic heterocycles. The van der Waals surface area contributed by atoms with E-state index in [1.165, 1.54) is 0 Å². The average molecular weight is 285 g/mol. The molecule has 1 aromatic rings. The van der Waals surface area contributed by atoms with Crippen LogP contribution in [0.5, 0.6) is 0 Å². The van der Waals surface area contributed by atoms with Crippen molar-refractivity contribution < 1.29 is 9.59 Å². The number of likely N-dealkylation sites (tertiary alicyclic amines) is 2. The van der Waals surface area contributed by atoms with Gasteiger partial charge in [0.1, 0.15) is 0 Å². The Hall–Kier alpha value is -2.17. The summed E-state index contributed by atoms with van der Waals surface area (Å²) in [7, 11) is 0. The van der Waals surface area contributed by atoms with E-state index in [-0.39, 0.29) is 17.7 Å². The van der Waals surface area contributed by atoms with Gasteiger partial charge in [0, 0.05) is 50.4 Å². The Labute approximate surface area is 124 Å². The van der Waals surface area contributed by atoms with Gasteiger partial charge in [-0.3, -0.25) is 14.6 Å². The molecule has 1 atom stereocenters. The molecule has 0 aromatic carbocycles. The molecule has 21 heavy (non-hydrogen) atoms. The van der Waals surface area contributed by atoms with E-state index in [4.69, 9.17) is 0 Å². The van der Waals surface area contributed by atoms with Crippen molar-refractivity contribution in [2.45, 2.75) is 12.3 Å². The fraction of sp³-hybridized carbons (Fsp3) is 0.438. The fourth-order valence-corrected chi connectivity index (χ4v) is 2.99. The highest BCUT2D eigenvalue weighted by molar-refractivity contribution is 5.89. The normalized spacial score (nSPS) is 22.3. The number of hydrogen-bond acceptors (Lipinski definition) is 3. The molecule has 0 bridgehead atoms. The monoisotopic (exact) mass is 285 g/mol. The molecule has 5 heteroatoms. The van der Waals surface area contributed by atoms with E-state index in [0.29, 0.717) is 38.5 Å². The lowest BCUT2D eigenvalue weighted by Crippen LogP contribution is -2.51. The van der Waals surface area contributed by atoms with Crippen LogP contribution in [-0.2, 0) is 9.59 Å². The third kappa shape index (κ3) is 2.68. The van der Waals surface area contributed by atoms with Crippen LogP contribution in [0.2, 0.25) is 0 Å². The fourth-order valence-electron chi connectivity index (χ4n) is 2.99.